The van der Waals surface area contributed by atoms with Crippen molar-refractivity contribution in [1.82, 2.24) is 0 Å². The monoisotopic (exact) mass is 192 g/mol. The molecule has 1 atom stereocenters. The first-order valence-electron chi connectivity index (χ1n) is 4.29. The molecule has 0 aromatic heterocycles. The van der Waals surface area contributed by atoms with Gasteiger partial charge in [0.1, 0.15) is 18.0 Å². The van der Waals surface area contributed by atoms with Crippen molar-refractivity contribution in [3.8, 4) is 11.8 Å². The molecule has 1 rings (SSSR count). The summed E-state index contributed by atoms with van der Waals surface area (Å²) in [4.78, 5) is 0. The van der Waals surface area contributed by atoms with E-state index >= 15 is 0 Å². The minimum atomic E-state index is -0.871. The van der Waals surface area contributed by atoms with Crippen molar-refractivity contribution in [2.24, 2.45) is 5.73 Å². The predicted octanol–water partition coefficient (Wildman–Crippen LogP) is 0.604. The van der Waals surface area contributed by atoms with E-state index in [-0.39, 0.29) is 0 Å². The molecule has 0 spiro atoms. The van der Waals surface area contributed by atoms with E-state index in [9.17, 15) is 0 Å². The van der Waals surface area contributed by atoms with Gasteiger partial charge in [0.15, 0.2) is 0 Å². The molecule has 0 heterocycles. The van der Waals surface area contributed by atoms with E-state index in [2.05, 4.69) is 0 Å². The highest BCUT2D eigenvalue weighted by molar-refractivity contribution is 5.42. The van der Waals surface area contributed by atoms with Gasteiger partial charge in [-0.2, -0.15) is 5.26 Å². The first-order valence-corrected chi connectivity index (χ1v) is 4.29. The Labute approximate surface area is 82.5 Å². The molecule has 4 heteroatoms. The van der Waals surface area contributed by atoms with Gasteiger partial charge in [-0.15, -0.1) is 0 Å². The lowest BCUT2D eigenvalue weighted by atomic mass is 10.2. The highest BCUT2D eigenvalue weighted by Gasteiger charge is 2.02. The van der Waals surface area contributed by atoms with Crippen LogP contribution in [0.3, 0.4) is 0 Å². The number of aliphatic hydroxyl groups excluding tert-OH is 1. The number of para-hydroxylation sites is 1. The van der Waals surface area contributed by atoms with Crippen LogP contribution in [0.5, 0.6) is 5.75 Å². The Bertz CT molecular complexity index is 331. The van der Waals surface area contributed by atoms with Gasteiger partial charge in [-0.1, -0.05) is 12.1 Å². The summed E-state index contributed by atoms with van der Waals surface area (Å²) in [6, 6.07) is 8.95. The van der Waals surface area contributed by atoms with Crippen LogP contribution in [0.25, 0.3) is 0 Å². The second-order valence-electron chi connectivity index (χ2n) is 2.81. The molecular formula is C10H12N2O2. The number of ether oxygens (including phenoxy) is 1. The third kappa shape index (κ3) is 3.05. The van der Waals surface area contributed by atoms with E-state index in [1.165, 1.54) is 0 Å². The van der Waals surface area contributed by atoms with Crippen LogP contribution >= 0.6 is 0 Å². The number of rotatable bonds is 4. The maximum Gasteiger partial charge on any atom is 0.137 e. The van der Waals surface area contributed by atoms with Gasteiger partial charge in [0.05, 0.1) is 12.2 Å². The van der Waals surface area contributed by atoms with Gasteiger partial charge in [-0.05, 0) is 12.1 Å². The topological polar surface area (TPSA) is 79.3 Å². The largest absolute Gasteiger partial charge is 0.492 e. The fraction of sp³-hybridized carbons (Fsp3) is 0.300. The lowest BCUT2D eigenvalue weighted by Gasteiger charge is -2.08. The highest BCUT2D eigenvalue weighted by atomic mass is 16.5. The summed E-state index contributed by atoms with van der Waals surface area (Å²) < 4.78 is 5.28. The van der Waals surface area contributed by atoms with Gasteiger partial charge in [-0.3, -0.25) is 0 Å². The van der Waals surface area contributed by atoms with E-state index in [4.69, 9.17) is 20.8 Å². The Morgan fingerprint density at radius 3 is 2.86 bits per heavy atom. The van der Waals surface area contributed by atoms with E-state index in [1.54, 1.807) is 24.3 Å². The zero-order valence-electron chi connectivity index (χ0n) is 7.68. The molecule has 0 saturated heterocycles. The summed E-state index contributed by atoms with van der Waals surface area (Å²) >= 11 is 0. The minimum Gasteiger partial charge on any atom is -0.492 e. The number of aliphatic hydroxyl groups is 1. The maximum absolute atomic E-state index is 8.79. The number of hydrogen-bond acceptors (Lipinski definition) is 4. The molecule has 0 fully saturated rings. The average molecular weight is 192 g/mol. The summed E-state index contributed by atoms with van der Waals surface area (Å²) in [5, 5.41) is 17.5. The normalized spacial score (nSPS) is 11.8. The molecule has 0 amide bonds. The van der Waals surface area contributed by atoms with Crippen LogP contribution in [0, 0.1) is 11.3 Å². The molecule has 1 aromatic carbocycles. The molecule has 0 radical (unpaired) electrons. The standard InChI is InChI=1S/C10H12N2O2/c11-7-8-3-1-2-4-9(8)14-6-5-10(12)13/h1-4,10,13H,5-6,12H2. The Morgan fingerprint density at radius 2 is 2.21 bits per heavy atom. The molecule has 0 aliphatic heterocycles. The molecule has 4 nitrogen and oxygen atoms in total. The smallest absolute Gasteiger partial charge is 0.137 e. The second-order valence-corrected chi connectivity index (χ2v) is 2.81. The van der Waals surface area contributed by atoms with Gasteiger partial charge >= 0.3 is 0 Å². The Morgan fingerprint density at radius 1 is 1.50 bits per heavy atom. The highest BCUT2D eigenvalue weighted by Crippen LogP contribution is 2.16. The number of benzene rings is 1. The van der Waals surface area contributed by atoms with Crippen LogP contribution in [-0.2, 0) is 0 Å². The molecule has 74 valence electrons. The summed E-state index contributed by atoms with van der Waals surface area (Å²) in [7, 11) is 0. The van der Waals surface area contributed by atoms with E-state index in [0.29, 0.717) is 24.3 Å². The number of nitrogens with zero attached hydrogens (tertiary/aromatic N) is 1. The number of hydrogen-bond donors (Lipinski definition) is 2. The van der Waals surface area contributed by atoms with E-state index in [1.807, 2.05) is 6.07 Å². The molecule has 0 saturated carbocycles. The van der Waals surface area contributed by atoms with Gasteiger partial charge in [0, 0.05) is 6.42 Å². The summed E-state index contributed by atoms with van der Waals surface area (Å²) in [5.41, 5.74) is 5.62. The van der Waals surface area contributed by atoms with Gasteiger partial charge in [0.25, 0.3) is 0 Å². The van der Waals surface area contributed by atoms with Crippen molar-refractivity contribution >= 4 is 0 Å². The van der Waals surface area contributed by atoms with Crippen molar-refractivity contribution in [1.29, 1.82) is 5.26 Å². The van der Waals surface area contributed by atoms with Crippen molar-refractivity contribution in [2.75, 3.05) is 6.61 Å². The molecule has 14 heavy (non-hydrogen) atoms. The third-order valence-electron chi connectivity index (χ3n) is 1.68. The Balaban J connectivity index is 2.54. The maximum atomic E-state index is 8.79. The van der Waals surface area contributed by atoms with Crippen LogP contribution in [0.15, 0.2) is 24.3 Å². The van der Waals surface area contributed by atoms with Gasteiger partial charge < -0.3 is 15.6 Å². The summed E-state index contributed by atoms with van der Waals surface area (Å²) in [5.74, 6) is 0.524. The molecule has 3 N–H and O–H groups in total. The molecule has 0 bridgehead atoms. The quantitative estimate of drug-likeness (QED) is 0.685. The van der Waals surface area contributed by atoms with E-state index in [0.717, 1.165) is 0 Å². The van der Waals surface area contributed by atoms with E-state index < -0.39 is 6.23 Å². The lowest BCUT2D eigenvalue weighted by Crippen LogP contribution is -2.21. The van der Waals surface area contributed by atoms with Crippen molar-refractivity contribution in [3.63, 3.8) is 0 Å². The summed E-state index contributed by atoms with van der Waals surface area (Å²) in [6.45, 7) is 0.302. The lowest BCUT2D eigenvalue weighted by molar-refractivity contribution is 0.145. The molecule has 1 aromatic rings. The molecule has 1 unspecified atom stereocenters. The zero-order chi connectivity index (χ0) is 10.4. The predicted molar refractivity (Wildman–Crippen MR) is 51.5 cm³/mol. The fourth-order valence-electron chi connectivity index (χ4n) is 0.975. The Hall–Kier alpha value is -1.57. The van der Waals surface area contributed by atoms with Crippen LogP contribution in [0.4, 0.5) is 0 Å². The molecule has 0 aliphatic rings. The fourth-order valence-corrected chi connectivity index (χ4v) is 0.975. The second kappa shape index (κ2) is 5.22. The third-order valence-corrected chi connectivity index (χ3v) is 1.68. The Kier molecular flexibility index (Phi) is 3.92. The summed E-state index contributed by atoms with van der Waals surface area (Å²) in [6.07, 6.45) is -0.524. The number of nitrogens with two attached hydrogens (primary N) is 1. The van der Waals surface area contributed by atoms with Crippen molar-refractivity contribution in [3.05, 3.63) is 29.8 Å². The van der Waals surface area contributed by atoms with Gasteiger partial charge in [-0.25, -0.2) is 0 Å². The van der Waals surface area contributed by atoms with Gasteiger partial charge in [0.2, 0.25) is 0 Å². The number of nitriles is 1. The first-order chi connectivity index (χ1) is 6.74. The molecule has 0 aliphatic carbocycles. The van der Waals surface area contributed by atoms with Crippen LogP contribution in [0.2, 0.25) is 0 Å². The SMILES string of the molecule is N#Cc1ccccc1OCCC(N)O. The van der Waals surface area contributed by atoms with Crippen LogP contribution in [0.1, 0.15) is 12.0 Å². The van der Waals surface area contributed by atoms with Crippen molar-refractivity contribution in [2.45, 2.75) is 12.6 Å². The van der Waals surface area contributed by atoms with Crippen LogP contribution in [-0.4, -0.2) is 17.9 Å². The zero-order valence-corrected chi connectivity index (χ0v) is 7.68. The van der Waals surface area contributed by atoms with Crippen molar-refractivity contribution < 1.29 is 9.84 Å². The molecular weight excluding hydrogens is 180 g/mol. The average Bonchev–Trinajstić information content (AvgIpc) is 2.18. The minimum absolute atomic E-state index is 0.302. The van der Waals surface area contributed by atoms with Crippen LogP contribution < -0.4 is 10.5 Å². The first kappa shape index (κ1) is 10.5.